The van der Waals surface area contributed by atoms with E-state index in [0.29, 0.717) is 24.8 Å². The second-order valence-corrected chi connectivity index (χ2v) is 9.37. The highest BCUT2D eigenvalue weighted by atomic mass is 16.4. The number of nitrogens with one attached hydrogen (secondary N) is 1. The van der Waals surface area contributed by atoms with Crippen LogP contribution in [0.3, 0.4) is 0 Å². The van der Waals surface area contributed by atoms with E-state index in [2.05, 4.69) is 41.6 Å². The van der Waals surface area contributed by atoms with E-state index in [0.717, 1.165) is 36.8 Å². The van der Waals surface area contributed by atoms with Gasteiger partial charge in [-0.05, 0) is 69.1 Å². The van der Waals surface area contributed by atoms with Crippen molar-refractivity contribution in [2.24, 2.45) is 5.41 Å². The Labute approximate surface area is 181 Å². The molecule has 31 heavy (non-hydrogen) atoms. The van der Waals surface area contributed by atoms with E-state index in [-0.39, 0.29) is 11.4 Å². The number of fused-ring (bicyclic) bond motifs is 4. The molecule has 3 aromatic rings. The van der Waals surface area contributed by atoms with Crippen molar-refractivity contribution in [3.63, 3.8) is 0 Å². The Balaban J connectivity index is 1.41. The summed E-state index contributed by atoms with van der Waals surface area (Å²) in [6.45, 7) is 2.07. The van der Waals surface area contributed by atoms with E-state index in [1.165, 1.54) is 11.1 Å². The summed E-state index contributed by atoms with van der Waals surface area (Å²) in [6.07, 6.45) is 8.31. The van der Waals surface area contributed by atoms with Gasteiger partial charge < -0.3 is 10.4 Å². The van der Waals surface area contributed by atoms with Crippen LogP contribution in [0, 0.1) is 12.3 Å². The van der Waals surface area contributed by atoms with E-state index in [4.69, 9.17) is 0 Å². The SMILES string of the molecule is Cc1ccc(Cc2cccn3ncc(C(=O)NC45CCC(C(=O)O)(CC4)CC5)c23)cc1. The monoisotopic (exact) mass is 417 g/mol. The van der Waals surface area contributed by atoms with Crippen molar-refractivity contribution < 1.29 is 14.7 Å². The van der Waals surface area contributed by atoms with Crippen LogP contribution in [0.4, 0.5) is 0 Å². The number of nitrogens with zero attached hydrogens (tertiary/aromatic N) is 2. The fourth-order valence-electron chi connectivity index (χ4n) is 5.35. The summed E-state index contributed by atoms with van der Waals surface area (Å²) in [5.74, 6) is -0.799. The predicted octanol–water partition coefficient (Wildman–Crippen LogP) is 4.14. The Morgan fingerprint density at radius 3 is 2.39 bits per heavy atom. The highest BCUT2D eigenvalue weighted by molar-refractivity contribution is 6.02. The third-order valence-corrected chi connectivity index (χ3v) is 7.46. The van der Waals surface area contributed by atoms with Crippen LogP contribution in [-0.4, -0.2) is 32.1 Å². The van der Waals surface area contributed by atoms with Gasteiger partial charge in [-0.25, -0.2) is 4.52 Å². The second-order valence-electron chi connectivity index (χ2n) is 9.37. The number of aliphatic carboxylic acids is 1. The Bertz CT molecular complexity index is 1140. The zero-order chi connectivity index (χ0) is 21.6. The maximum atomic E-state index is 13.4. The van der Waals surface area contributed by atoms with Crippen molar-refractivity contribution in [1.29, 1.82) is 0 Å². The van der Waals surface area contributed by atoms with Gasteiger partial charge in [-0.2, -0.15) is 5.10 Å². The zero-order valence-corrected chi connectivity index (χ0v) is 17.7. The molecule has 3 saturated carbocycles. The van der Waals surface area contributed by atoms with Crippen LogP contribution in [-0.2, 0) is 11.2 Å². The number of hydrogen-bond donors (Lipinski definition) is 2. The molecule has 6 heteroatoms. The predicted molar refractivity (Wildman–Crippen MR) is 117 cm³/mol. The number of carbonyl (C=O) groups excluding carboxylic acids is 1. The third-order valence-electron chi connectivity index (χ3n) is 7.46. The first-order valence-electron chi connectivity index (χ1n) is 11.0. The molecule has 1 amide bonds. The number of pyridine rings is 1. The van der Waals surface area contributed by atoms with Crippen molar-refractivity contribution in [3.05, 3.63) is 71.0 Å². The molecule has 1 aromatic carbocycles. The van der Waals surface area contributed by atoms with E-state index in [9.17, 15) is 14.7 Å². The van der Waals surface area contributed by atoms with Crippen LogP contribution >= 0.6 is 0 Å². The quantitative estimate of drug-likeness (QED) is 0.654. The van der Waals surface area contributed by atoms with Gasteiger partial charge in [-0.1, -0.05) is 35.9 Å². The van der Waals surface area contributed by atoms with Crippen LogP contribution in [0.15, 0.2) is 48.8 Å². The highest BCUT2D eigenvalue weighted by Crippen LogP contribution is 2.52. The number of aryl methyl sites for hydroxylation is 1. The van der Waals surface area contributed by atoms with Crippen molar-refractivity contribution in [2.45, 2.75) is 57.4 Å². The van der Waals surface area contributed by atoms with Gasteiger partial charge in [0.05, 0.1) is 22.7 Å². The summed E-state index contributed by atoms with van der Waals surface area (Å²) >= 11 is 0. The molecule has 0 atom stereocenters. The topological polar surface area (TPSA) is 83.7 Å². The lowest BCUT2D eigenvalue weighted by Crippen LogP contribution is -2.58. The van der Waals surface area contributed by atoms with Crippen LogP contribution in [0.5, 0.6) is 0 Å². The molecule has 6 rings (SSSR count). The molecule has 3 fully saturated rings. The zero-order valence-electron chi connectivity index (χ0n) is 17.7. The molecule has 0 saturated heterocycles. The standard InChI is InChI=1S/C25H27N3O3/c1-17-4-6-18(7-5-17)15-19-3-2-14-28-21(19)20(16-26-28)22(29)27-25-11-8-24(9-12-25,10-13-25)23(30)31/h2-7,14,16H,8-13,15H2,1H3,(H,27,29)(H,30,31). The molecule has 3 aliphatic rings. The van der Waals surface area contributed by atoms with Gasteiger partial charge in [-0.15, -0.1) is 0 Å². The van der Waals surface area contributed by atoms with Crippen molar-refractivity contribution in [3.8, 4) is 0 Å². The van der Waals surface area contributed by atoms with Gasteiger partial charge in [0, 0.05) is 11.7 Å². The van der Waals surface area contributed by atoms with Gasteiger partial charge in [-0.3, -0.25) is 9.59 Å². The minimum Gasteiger partial charge on any atom is -0.481 e. The fraction of sp³-hybridized carbons (Fsp3) is 0.400. The Kier molecular flexibility index (Phi) is 4.61. The summed E-state index contributed by atoms with van der Waals surface area (Å²) in [5.41, 5.74) is 4.00. The van der Waals surface area contributed by atoms with Gasteiger partial charge >= 0.3 is 5.97 Å². The van der Waals surface area contributed by atoms with Crippen LogP contribution in [0.25, 0.3) is 5.52 Å². The van der Waals surface area contributed by atoms with Crippen molar-refractivity contribution in [2.75, 3.05) is 0 Å². The minimum atomic E-state index is -0.685. The lowest BCUT2D eigenvalue weighted by atomic mass is 9.57. The highest BCUT2D eigenvalue weighted by Gasteiger charge is 2.53. The molecular weight excluding hydrogens is 390 g/mol. The molecule has 2 aromatic heterocycles. The van der Waals surface area contributed by atoms with Gasteiger partial charge in [0.2, 0.25) is 0 Å². The fourth-order valence-corrected chi connectivity index (χ4v) is 5.35. The molecule has 2 heterocycles. The maximum Gasteiger partial charge on any atom is 0.309 e. The number of benzene rings is 1. The number of carboxylic acids is 1. The summed E-state index contributed by atoms with van der Waals surface area (Å²) in [5, 5.41) is 17.3. The molecule has 0 spiro atoms. The summed E-state index contributed by atoms with van der Waals surface area (Å²) < 4.78 is 1.77. The number of hydrogen-bond acceptors (Lipinski definition) is 3. The van der Waals surface area contributed by atoms with Crippen LogP contribution in [0.1, 0.15) is 65.6 Å². The maximum absolute atomic E-state index is 13.4. The van der Waals surface area contributed by atoms with Crippen LogP contribution in [0.2, 0.25) is 0 Å². The number of rotatable bonds is 5. The minimum absolute atomic E-state index is 0.115. The van der Waals surface area contributed by atoms with Crippen molar-refractivity contribution >= 4 is 17.4 Å². The number of aromatic nitrogens is 2. The lowest BCUT2D eigenvalue weighted by Gasteiger charge is -2.51. The molecule has 0 aliphatic heterocycles. The van der Waals surface area contributed by atoms with E-state index in [1.54, 1.807) is 10.7 Å². The molecule has 0 radical (unpaired) electrons. The molecule has 160 valence electrons. The first-order chi connectivity index (χ1) is 14.9. The molecule has 3 aliphatic carbocycles. The van der Waals surface area contributed by atoms with Gasteiger partial charge in [0.15, 0.2) is 0 Å². The number of amides is 1. The first-order valence-corrected chi connectivity index (χ1v) is 11.0. The lowest BCUT2D eigenvalue weighted by molar-refractivity contribution is -0.156. The Morgan fingerprint density at radius 2 is 1.74 bits per heavy atom. The van der Waals surface area contributed by atoms with E-state index in [1.807, 2.05) is 18.3 Å². The molecule has 2 bridgehead atoms. The average Bonchev–Trinajstić information content (AvgIpc) is 3.22. The normalized spacial score (nSPS) is 24.9. The van der Waals surface area contributed by atoms with E-state index >= 15 is 0 Å². The Morgan fingerprint density at radius 1 is 1.06 bits per heavy atom. The molecule has 0 unspecified atom stereocenters. The Hall–Kier alpha value is -3.15. The first kappa shape index (κ1) is 19.8. The van der Waals surface area contributed by atoms with Gasteiger partial charge in [0.1, 0.15) is 0 Å². The van der Waals surface area contributed by atoms with Crippen molar-refractivity contribution in [1.82, 2.24) is 14.9 Å². The molecule has 2 N–H and O–H groups in total. The number of carbonyl (C=O) groups is 2. The second kappa shape index (κ2) is 7.22. The smallest absolute Gasteiger partial charge is 0.309 e. The van der Waals surface area contributed by atoms with E-state index < -0.39 is 11.4 Å². The average molecular weight is 418 g/mol. The molecule has 6 nitrogen and oxygen atoms in total. The largest absolute Gasteiger partial charge is 0.481 e. The third kappa shape index (κ3) is 3.40. The summed E-state index contributed by atoms with van der Waals surface area (Å²) in [6, 6.07) is 12.4. The van der Waals surface area contributed by atoms with Gasteiger partial charge in [0.25, 0.3) is 5.91 Å². The number of carboxylic acid groups (broad SMARTS) is 1. The van der Waals surface area contributed by atoms with Crippen LogP contribution < -0.4 is 5.32 Å². The summed E-state index contributed by atoms with van der Waals surface area (Å²) in [4.78, 5) is 25.1. The molecular formula is C25H27N3O3. The summed E-state index contributed by atoms with van der Waals surface area (Å²) in [7, 11) is 0.